The first-order valence-electron chi connectivity index (χ1n) is 2.71. The maximum atomic E-state index is 8.89. The van der Waals surface area contributed by atoms with Gasteiger partial charge in [-0.15, -0.1) is 0 Å². The van der Waals surface area contributed by atoms with Crippen molar-refractivity contribution in [2.24, 2.45) is 0 Å². The molecule has 4 nitrogen and oxygen atoms in total. The van der Waals surface area contributed by atoms with Crippen LogP contribution in [0.5, 0.6) is 0 Å². The summed E-state index contributed by atoms with van der Waals surface area (Å²) in [6.07, 6.45) is -2.59. The topological polar surface area (TPSA) is 69.9 Å². The van der Waals surface area contributed by atoms with E-state index in [1.165, 1.54) is 0 Å². The summed E-state index contributed by atoms with van der Waals surface area (Å²) >= 11 is 0. The van der Waals surface area contributed by atoms with Crippen LogP contribution in [0.2, 0.25) is 0 Å². The highest BCUT2D eigenvalue weighted by Gasteiger charge is 2.34. The molecule has 0 amide bonds. The summed E-state index contributed by atoms with van der Waals surface area (Å²) in [6, 6.07) is 0. The van der Waals surface area contributed by atoms with E-state index in [0.29, 0.717) is 0 Å². The van der Waals surface area contributed by atoms with Gasteiger partial charge < -0.3 is 20.1 Å². The molecule has 53 valence electrons. The predicted molar refractivity (Wildman–Crippen MR) is 28.3 cm³/mol. The van der Waals surface area contributed by atoms with Gasteiger partial charge in [0.05, 0.1) is 6.61 Å². The number of hydrogen-bond donors (Lipinski definition) is 3. The number of aliphatic hydroxyl groups excluding tert-OH is 3. The lowest BCUT2D eigenvalue weighted by Crippen LogP contribution is -2.31. The zero-order chi connectivity index (χ0) is 6.85. The minimum atomic E-state index is -0.977. The van der Waals surface area contributed by atoms with Crippen LogP contribution in [0, 0.1) is 6.61 Å². The summed E-state index contributed by atoms with van der Waals surface area (Å²) in [6.45, 7) is 0.848. The fraction of sp³-hybridized carbons (Fsp3) is 0.800. The van der Waals surface area contributed by atoms with E-state index in [4.69, 9.17) is 15.3 Å². The smallest absolute Gasteiger partial charge is 0.115 e. The molecule has 3 unspecified atom stereocenters. The number of ether oxygens (including phenoxy) is 1. The highest BCUT2D eigenvalue weighted by molar-refractivity contribution is 4.89. The monoisotopic (exact) mass is 133 g/mol. The average molecular weight is 133 g/mol. The molecule has 0 bridgehead atoms. The number of hydrogen-bond acceptors (Lipinski definition) is 4. The molecule has 4 heteroatoms. The van der Waals surface area contributed by atoms with Crippen LogP contribution in [0.3, 0.4) is 0 Å². The van der Waals surface area contributed by atoms with Crippen LogP contribution in [0.15, 0.2) is 0 Å². The lowest BCUT2D eigenvalue weighted by atomic mass is 10.2. The summed E-state index contributed by atoms with van der Waals surface area (Å²) in [5.74, 6) is 0. The van der Waals surface area contributed by atoms with E-state index >= 15 is 0 Å². The Morgan fingerprint density at radius 2 is 2.11 bits per heavy atom. The zero-order valence-corrected chi connectivity index (χ0v) is 4.77. The third kappa shape index (κ3) is 1.21. The van der Waals surface area contributed by atoms with Crippen molar-refractivity contribution in [3.05, 3.63) is 6.61 Å². The third-order valence-corrected chi connectivity index (χ3v) is 1.30. The highest BCUT2D eigenvalue weighted by atomic mass is 16.5. The molecule has 1 aliphatic rings. The van der Waals surface area contributed by atoms with Crippen molar-refractivity contribution >= 4 is 0 Å². The van der Waals surface area contributed by atoms with Gasteiger partial charge in [0.1, 0.15) is 24.9 Å². The Kier molecular flexibility index (Phi) is 2.02. The van der Waals surface area contributed by atoms with Crippen molar-refractivity contribution in [3.8, 4) is 0 Å². The molecule has 0 aliphatic carbocycles. The zero-order valence-electron chi connectivity index (χ0n) is 4.77. The van der Waals surface area contributed by atoms with Gasteiger partial charge in [-0.05, 0) is 0 Å². The third-order valence-electron chi connectivity index (χ3n) is 1.30. The van der Waals surface area contributed by atoms with Gasteiger partial charge in [-0.25, -0.2) is 0 Å². The Bertz CT molecular complexity index is 95.0. The lowest BCUT2D eigenvalue weighted by Gasteiger charge is -2.10. The molecule has 1 radical (unpaired) electrons. The van der Waals surface area contributed by atoms with Crippen LogP contribution < -0.4 is 0 Å². The highest BCUT2D eigenvalue weighted by Crippen LogP contribution is 2.16. The van der Waals surface area contributed by atoms with E-state index in [1.54, 1.807) is 0 Å². The maximum absolute atomic E-state index is 8.89. The van der Waals surface area contributed by atoms with Crippen molar-refractivity contribution in [2.45, 2.75) is 18.3 Å². The molecule has 1 saturated heterocycles. The molecule has 1 rings (SSSR count). The van der Waals surface area contributed by atoms with Crippen LogP contribution in [0.25, 0.3) is 0 Å². The van der Waals surface area contributed by atoms with Crippen LogP contribution in [-0.2, 0) is 4.74 Å². The predicted octanol–water partition coefficient (Wildman–Crippen LogP) is -1.74. The largest absolute Gasteiger partial charge is 0.394 e. The van der Waals surface area contributed by atoms with Crippen molar-refractivity contribution < 1.29 is 20.1 Å². The first-order valence-corrected chi connectivity index (χ1v) is 2.71. The summed E-state index contributed by atoms with van der Waals surface area (Å²) in [7, 11) is 0. The van der Waals surface area contributed by atoms with Crippen LogP contribution in [0.1, 0.15) is 0 Å². The minimum absolute atomic E-state index is 0.269. The molecule has 1 heterocycles. The molecular formula is C5H9O4. The van der Waals surface area contributed by atoms with Gasteiger partial charge in [0.25, 0.3) is 0 Å². The Hall–Kier alpha value is -0.160. The van der Waals surface area contributed by atoms with E-state index in [0.717, 1.165) is 6.61 Å². The Morgan fingerprint density at radius 1 is 1.44 bits per heavy atom. The van der Waals surface area contributed by atoms with Gasteiger partial charge in [0, 0.05) is 0 Å². The summed E-state index contributed by atoms with van der Waals surface area (Å²) in [4.78, 5) is 0. The number of aliphatic hydroxyl groups is 3. The fourth-order valence-corrected chi connectivity index (χ4v) is 0.713. The molecule has 1 aliphatic heterocycles. The van der Waals surface area contributed by atoms with Gasteiger partial charge in [0.2, 0.25) is 0 Å². The normalized spacial score (nSPS) is 43.7. The first kappa shape index (κ1) is 6.95. The molecule has 0 aromatic heterocycles. The fourth-order valence-electron chi connectivity index (χ4n) is 0.713. The Balaban J connectivity index is 2.41. The molecule has 9 heavy (non-hydrogen) atoms. The lowest BCUT2D eigenvalue weighted by molar-refractivity contribution is -0.00317. The van der Waals surface area contributed by atoms with E-state index in [2.05, 4.69) is 4.74 Å². The second kappa shape index (κ2) is 2.62. The number of rotatable bonds is 1. The molecule has 0 aromatic rings. The van der Waals surface area contributed by atoms with Gasteiger partial charge in [-0.2, -0.15) is 0 Å². The Morgan fingerprint density at radius 3 is 2.33 bits per heavy atom. The maximum Gasteiger partial charge on any atom is 0.115 e. The van der Waals surface area contributed by atoms with Crippen molar-refractivity contribution in [1.29, 1.82) is 0 Å². The van der Waals surface area contributed by atoms with E-state index in [-0.39, 0.29) is 6.61 Å². The first-order chi connectivity index (χ1) is 4.25. The minimum Gasteiger partial charge on any atom is -0.394 e. The van der Waals surface area contributed by atoms with Gasteiger partial charge in [-0.3, -0.25) is 0 Å². The van der Waals surface area contributed by atoms with Crippen molar-refractivity contribution in [2.75, 3.05) is 6.61 Å². The van der Waals surface area contributed by atoms with E-state index in [9.17, 15) is 0 Å². The van der Waals surface area contributed by atoms with E-state index < -0.39 is 18.3 Å². The van der Waals surface area contributed by atoms with E-state index in [1.807, 2.05) is 0 Å². The van der Waals surface area contributed by atoms with Crippen LogP contribution in [0.4, 0.5) is 0 Å². The molecule has 0 aromatic carbocycles. The summed E-state index contributed by atoms with van der Waals surface area (Å²) in [5, 5.41) is 26.1. The molecule has 3 atom stereocenters. The summed E-state index contributed by atoms with van der Waals surface area (Å²) < 4.78 is 4.65. The average Bonchev–Trinajstić information content (AvgIpc) is 2.15. The second-order valence-electron chi connectivity index (χ2n) is 1.97. The summed E-state index contributed by atoms with van der Waals surface area (Å²) in [5.41, 5.74) is 0. The standard InChI is InChI=1S/C5H9O4/c6-1-4-5(8)3(7)2-9-4/h2-8H,1H2. The van der Waals surface area contributed by atoms with Crippen LogP contribution >= 0.6 is 0 Å². The van der Waals surface area contributed by atoms with Crippen LogP contribution in [-0.4, -0.2) is 40.2 Å². The molecular weight excluding hydrogens is 124 g/mol. The molecule has 3 N–H and O–H groups in total. The van der Waals surface area contributed by atoms with Gasteiger partial charge in [-0.1, -0.05) is 0 Å². The van der Waals surface area contributed by atoms with Gasteiger partial charge in [0.15, 0.2) is 0 Å². The SMILES string of the molecule is OCC1O[CH]C(O)C1O. The molecule has 1 fully saturated rings. The Labute approximate surface area is 52.7 Å². The molecule has 0 saturated carbocycles. The van der Waals surface area contributed by atoms with Crippen molar-refractivity contribution in [3.63, 3.8) is 0 Å². The molecule has 0 spiro atoms. The quantitative estimate of drug-likeness (QED) is 0.397. The van der Waals surface area contributed by atoms with Gasteiger partial charge >= 0.3 is 0 Å². The van der Waals surface area contributed by atoms with Crippen molar-refractivity contribution in [1.82, 2.24) is 0 Å². The second-order valence-corrected chi connectivity index (χ2v) is 1.97.